The molecule has 0 amide bonds. The number of benzene rings is 1. The van der Waals surface area contributed by atoms with Gasteiger partial charge in [0, 0.05) is 39.8 Å². The number of esters is 1. The van der Waals surface area contributed by atoms with Crippen LogP contribution in [-0.2, 0) is 20.8 Å². The number of halogens is 1. The van der Waals surface area contributed by atoms with Crippen molar-refractivity contribution in [2.24, 2.45) is 16.8 Å². The summed E-state index contributed by atoms with van der Waals surface area (Å²) in [7, 11) is 3.14. The number of carbonyl (C=O) groups is 1. The third-order valence-electron chi connectivity index (χ3n) is 4.82. The zero-order valence-corrected chi connectivity index (χ0v) is 20.2. The van der Waals surface area contributed by atoms with Crippen molar-refractivity contribution in [3.05, 3.63) is 29.8 Å². The molecule has 2 rings (SSSR count). The summed E-state index contributed by atoms with van der Waals surface area (Å²) in [6.07, 6.45) is 0.859. The highest BCUT2D eigenvalue weighted by Gasteiger charge is 2.36. The van der Waals surface area contributed by atoms with Crippen molar-refractivity contribution in [3.8, 4) is 5.75 Å². The number of guanidine groups is 1. The predicted molar refractivity (Wildman–Crippen MR) is 125 cm³/mol. The SMILES string of the molecule is CCNC(=NCc1cccc(OCCCOC)c1)N1CC(C)C(C(=O)OC)C1.I. The number of ether oxygens (including phenoxy) is 3. The fourth-order valence-corrected chi connectivity index (χ4v) is 3.32. The summed E-state index contributed by atoms with van der Waals surface area (Å²) >= 11 is 0. The first-order valence-electron chi connectivity index (χ1n) is 9.90. The summed E-state index contributed by atoms with van der Waals surface area (Å²) in [6, 6.07) is 7.99. The van der Waals surface area contributed by atoms with Gasteiger partial charge >= 0.3 is 5.97 Å². The van der Waals surface area contributed by atoms with Crippen LogP contribution in [0.3, 0.4) is 0 Å². The van der Waals surface area contributed by atoms with Crippen molar-refractivity contribution in [1.82, 2.24) is 10.2 Å². The maximum absolute atomic E-state index is 12.0. The van der Waals surface area contributed by atoms with Gasteiger partial charge in [-0.1, -0.05) is 19.1 Å². The van der Waals surface area contributed by atoms with E-state index in [4.69, 9.17) is 19.2 Å². The Morgan fingerprint density at radius 3 is 2.76 bits per heavy atom. The summed E-state index contributed by atoms with van der Waals surface area (Å²) in [4.78, 5) is 18.9. The smallest absolute Gasteiger partial charge is 0.310 e. The van der Waals surface area contributed by atoms with Crippen LogP contribution in [-0.4, -0.2) is 63.9 Å². The molecule has 1 N–H and O–H groups in total. The number of nitrogens with one attached hydrogen (secondary N) is 1. The molecule has 29 heavy (non-hydrogen) atoms. The molecule has 164 valence electrons. The van der Waals surface area contributed by atoms with Gasteiger partial charge in [0.1, 0.15) is 5.75 Å². The second-order valence-corrected chi connectivity index (χ2v) is 7.02. The number of nitrogens with zero attached hydrogens (tertiary/aromatic N) is 2. The van der Waals surface area contributed by atoms with Crippen LogP contribution < -0.4 is 10.1 Å². The van der Waals surface area contributed by atoms with Gasteiger partial charge in [0.2, 0.25) is 0 Å². The van der Waals surface area contributed by atoms with E-state index in [1.807, 2.05) is 31.2 Å². The largest absolute Gasteiger partial charge is 0.493 e. The van der Waals surface area contributed by atoms with Gasteiger partial charge in [0.25, 0.3) is 0 Å². The maximum atomic E-state index is 12.0. The molecule has 8 heteroatoms. The lowest BCUT2D eigenvalue weighted by molar-refractivity contribution is -0.145. The highest BCUT2D eigenvalue weighted by Crippen LogP contribution is 2.24. The van der Waals surface area contributed by atoms with Crippen LogP contribution in [0.25, 0.3) is 0 Å². The van der Waals surface area contributed by atoms with E-state index in [2.05, 4.69) is 17.1 Å². The minimum absolute atomic E-state index is 0. The van der Waals surface area contributed by atoms with E-state index in [0.717, 1.165) is 36.8 Å². The molecule has 2 atom stereocenters. The number of hydrogen-bond donors (Lipinski definition) is 1. The van der Waals surface area contributed by atoms with Gasteiger partial charge < -0.3 is 24.4 Å². The number of carbonyl (C=O) groups excluding carboxylic acids is 1. The summed E-state index contributed by atoms with van der Waals surface area (Å²) < 4.78 is 15.7. The normalized spacial score (nSPS) is 18.9. The van der Waals surface area contributed by atoms with Crippen molar-refractivity contribution in [1.29, 1.82) is 0 Å². The van der Waals surface area contributed by atoms with Crippen molar-refractivity contribution >= 4 is 35.9 Å². The molecule has 1 saturated heterocycles. The number of likely N-dealkylation sites (tertiary alicyclic amines) is 1. The second-order valence-electron chi connectivity index (χ2n) is 7.02. The number of hydrogen-bond acceptors (Lipinski definition) is 5. The summed E-state index contributed by atoms with van der Waals surface area (Å²) in [5.41, 5.74) is 1.08. The molecule has 2 unspecified atom stereocenters. The first-order chi connectivity index (χ1) is 13.6. The Kier molecular flexibility index (Phi) is 12.0. The Bertz CT molecular complexity index is 657. The molecule has 1 aliphatic rings. The van der Waals surface area contributed by atoms with Gasteiger partial charge in [0.15, 0.2) is 5.96 Å². The van der Waals surface area contributed by atoms with Crippen LogP contribution in [0, 0.1) is 11.8 Å². The Balaban J connectivity index is 0.00000420. The molecule has 1 heterocycles. The summed E-state index contributed by atoms with van der Waals surface area (Å²) in [5, 5.41) is 3.33. The molecule has 0 spiro atoms. The molecule has 0 aliphatic carbocycles. The molecule has 0 bridgehead atoms. The first kappa shape index (κ1) is 25.5. The topological polar surface area (TPSA) is 72.4 Å². The van der Waals surface area contributed by atoms with Gasteiger partial charge in [-0.2, -0.15) is 0 Å². The van der Waals surface area contributed by atoms with Gasteiger partial charge in [-0.15, -0.1) is 24.0 Å². The third kappa shape index (κ3) is 8.00. The summed E-state index contributed by atoms with van der Waals surface area (Å²) in [6.45, 7) is 8.18. The molecular weight excluding hydrogens is 485 g/mol. The predicted octanol–water partition coefficient (Wildman–Crippen LogP) is 2.93. The Morgan fingerprint density at radius 2 is 2.07 bits per heavy atom. The fourth-order valence-electron chi connectivity index (χ4n) is 3.32. The number of methoxy groups -OCH3 is 2. The second kappa shape index (κ2) is 13.6. The van der Waals surface area contributed by atoms with Crippen LogP contribution >= 0.6 is 24.0 Å². The molecule has 0 aromatic heterocycles. The van der Waals surface area contributed by atoms with Gasteiger partial charge in [-0.25, -0.2) is 4.99 Å². The Labute approximate surface area is 191 Å². The quantitative estimate of drug-likeness (QED) is 0.178. The monoisotopic (exact) mass is 519 g/mol. The molecule has 1 aromatic rings. The lowest BCUT2D eigenvalue weighted by Crippen LogP contribution is -2.40. The Hall–Kier alpha value is -1.55. The number of rotatable bonds is 9. The number of aliphatic imine (C=N–C) groups is 1. The van der Waals surface area contributed by atoms with Crippen LogP contribution in [0.15, 0.2) is 29.3 Å². The van der Waals surface area contributed by atoms with Gasteiger partial charge in [-0.05, 0) is 30.5 Å². The van der Waals surface area contributed by atoms with E-state index in [-0.39, 0.29) is 41.8 Å². The van der Waals surface area contributed by atoms with E-state index in [1.165, 1.54) is 7.11 Å². The van der Waals surface area contributed by atoms with E-state index in [9.17, 15) is 4.79 Å². The van der Waals surface area contributed by atoms with Crippen LogP contribution in [0.1, 0.15) is 25.8 Å². The van der Waals surface area contributed by atoms with Gasteiger partial charge in [-0.3, -0.25) is 4.79 Å². The van der Waals surface area contributed by atoms with E-state index >= 15 is 0 Å². The maximum Gasteiger partial charge on any atom is 0.310 e. The van der Waals surface area contributed by atoms with Crippen LogP contribution in [0.4, 0.5) is 0 Å². The molecule has 7 nitrogen and oxygen atoms in total. The minimum atomic E-state index is -0.149. The molecule has 0 saturated carbocycles. The average Bonchev–Trinajstić information content (AvgIpc) is 3.09. The Morgan fingerprint density at radius 1 is 1.28 bits per heavy atom. The molecule has 1 fully saturated rings. The van der Waals surface area contributed by atoms with Crippen LogP contribution in [0.5, 0.6) is 5.75 Å². The first-order valence-corrected chi connectivity index (χ1v) is 9.90. The van der Waals surface area contributed by atoms with Crippen molar-refractivity contribution in [3.63, 3.8) is 0 Å². The fraction of sp³-hybridized carbons (Fsp3) is 0.619. The van der Waals surface area contributed by atoms with Crippen molar-refractivity contribution < 1.29 is 19.0 Å². The molecule has 0 radical (unpaired) electrons. The highest BCUT2D eigenvalue weighted by atomic mass is 127. The molecular formula is C21H34IN3O4. The minimum Gasteiger partial charge on any atom is -0.493 e. The molecule has 1 aliphatic heterocycles. The molecule has 1 aromatic carbocycles. The lowest BCUT2D eigenvalue weighted by atomic mass is 9.99. The summed E-state index contributed by atoms with van der Waals surface area (Å²) in [5.74, 6) is 1.64. The van der Waals surface area contributed by atoms with Crippen LogP contribution in [0.2, 0.25) is 0 Å². The zero-order valence-electron chi connectivity index (χ0n) is 17.8. The highest BCUT2D eigenvalue weighted by molar-refractivity contribution is 14.0. The average molecular weight is 519 g/mol. The van der Waals surface area contributed by atoms with Crippen molar-refractivity contribution in [2.45, 2.75) is 26.8 Å². The zero-order chi connectivity index (χ0) is 20.4. The van der Waals surface area contributed by atoms with E-state index in [0.29, 0.717) is 26.3 Å². The van der Waals surface area contributed by atoms with E-state index < -0.39 is 0 Å². The lowest BCUT2D eigenvalue weighted by Gasteiger charge is -2.21. The van der Waals surface area contributed by atoms with E-state index in [1.54, 1.807) is 7.11 Å². The van der Waals surface area contributed by atoms with Crippen molar-refractivity contribution in [2.75, 3.05) is 47.1 Å². The third-order valence-corrected chi connectivity index (χ3v) is 4.82. The standard InChI is InChI=1S/C21H33N3O4.HI/c1-5-22-21(24-14-16(2)19(15-24)20(25)27-4)23-13-17-8-6-9-18(12-17)28-11-7-10-26-3;/h6,8-9,12,16,19H,5,7,10-11,13-15H2,1-4H3,(H,22,23);1H. The van der Waals surface area contributed by atoms with Gasteiger partial charge in [0.05, 0.1) is 26.2 Å².